The molecule has 0 spiro atoms. The van der Waals surface area contributed by atoms with Crippen LogP contribution in [0.4, 0.5) is 4.39 Å². The predicted molar refractivity (Wildman–Crippen MR) is 121 cm³/mol. The lowest BCUT2D eigenvalue weighted by Gasteiger charge is -2.19. The van der Waals surface area contributed by atoms with Gasteiger partial charge in [0.1, 0.15) is 5.82 Å². The van der Waals surface area contributed by atoms with E-state index in [-0.39, 0.29) is 29.1 Å². The molecule has 0 aromatic heterocycles. The minimum Gasteiger partial charge on any atom is -0.342 e. The highest BCUT2D eigenvalue weighted by atomic mass is 35.7. The lowest BCUT2D eigenvalue weighted by atomic mass is 9.95. The van der Waals surface area contributed by atoms with Gasteiger partial charge in [0.05, 0.1) is 10.9 Å². The minimum atomic E-state index is -3.87. The largest absolute Gasteiger partial charge is 0.342 e. The molecular weight excluding hydrogens is 453 g/mol. The molecule has 8 heteroatoms. The van der Waals surface area contributed by atoms with Crippen molar-refractivity contribution in [3.63, 3.8) is 0 Å². The molecule has 3 aromatic carbocycles. The summed E-state index contributed by atoms with van der Waals surface area (Å²) in [4.78, 5) is 25.8. The van der Waals surface area contributed by atoms with Crippen molar-refractivity contribution in [2.75, 3.05) is 0 Å². The Kier molecular flexibility index (Phi) is 7.43. The molecule has 0 saturated heterocycles. The molecule has 0 aliphatic rings. The van der Waals surface area contributed by atoms with E-state index in [4.69, 9.17) is 10.7 Å². The van der Waals surface area contributed by atoms with E-state index < -0.39 is 26.8 Å². The van der Waals surface area contributed by atoms with Crippen LogP contribution in [0.1, 0.15) is 27.0 Å². The first-order chi connectivity index (χ1) is 15.1. The number of benzene rings is 3. The summed E-state index contributed by atoms with van der Waals surface area (Å²) in [6.45, 7) is 1.69. The second kappa shape index (κ2) is 10.1. The van der Waals surface area contributed by atoms with Crippen LogP contribution < -0.4 is 5.32 Å². The quantitative estimate of drug-likeness (QED) is 0.497. The third kappa shape index (κ3) is 6.24. The zero-order valence-electron chi connectivity index (χ0n) is 17.2. The Hall–Kier alpha value is -3.03. The number of aryl methyl sites for hydroxylation is 1. The van der Waals surface area contributed by atoms with Crippen LogP contribution in [-0.4, -0.2) is 26.2 Å². The van der Waals surface area contributed by atoms with Crippen LogP contribution in [0.15, 0.2) is 77.7 Å². The maximum Gasteiger partial charge on any atom is 0.261 e. The molecule has 1 amide bonds. The molecule has 0 bridgehead atoms. The fourth-order valence-corrected chi connectivity index (χ4v) is 4.10. The van der Waals surface area contributed by atoms with Gasteiger partial charge in [-0.1, -0.05) is 36.4 Å². The van der Waals surface area contributed by atoms with Gasteiger partial charge in [-0.25, -0.2) is 12.8 Å². The van der Waals surface area contributed by atoms with Crippen molar-refractivity contribution in [1.82, 2.24) is 5.32 Å². The Bertz CT molecular complexity index is 1230. The third-order valence-electron chi connectivity index (χ3n) is 5.04. The maximum absolute atomic E-state index is 13.2. The Morgan fingerprint density at radius 3 is 2.25 bits per heavy atom. The number of halogens is 2. The molecule has 0 heterocycles. The third-order valence-corrected chi connectivity index (χ3v) is 6.39. The van der Waals surface area contributed by atoms with E-state index in [1.165, 1.54) is 36.4 Å². The second-order valence-corrected chi connectivity index (χ2v) is 9.96. The van der Waals surface area contributed by atoms with Gasteiger partial charge in [0.15, 0.2) is 5.78 Å². The lowest BCUT2D eigenvalue weighted by molar-refractivity contribution is -0.120. The standard InChI is InChI=1S/C24H21ClFNO4S/c1-16-13-21(32(25,30)31)12-9-19(16)15-23(28)22(14-17-5-3-2-4-6-17)27-24(29)18-7-10-20(26)11-8-18/h2-13,22H,14-15H2,1H3,(H,27,29)/t22-/m0/s1. The molecule has 0 unspecified atom stereocenters. The van der Waals surface area contributed by atoms with Crippen molar-refractivity contribution >= 4 is 31.4 Å². The molecule has 1 N–H and O–H groups in total. The summed E-state index contributed by atoms with van der Waals surface area (Å²) in [6, 6.07) is 17.8. The van der Waals surface area contributed by atoms with Crippen LogP contribution in [0.3, 0.4) is 0 Å². The van der Waals surface area contributed by atoms with Gasteiger partial charge in [-0.3, -0.25) is 9.59 Å². The summed E-state index contributed by atoms with van der Waals surface area (Å²) in [5.41, 5.74) is 2.34. The summed E-state index contributed by atoms with van der Waals surface area (Å²) in [5.74, 6) is -1.19. The van der Waals surface area contributed by atoms with Crippen LogP contribution >= 0.6 is 10.7 Å². The van der Waals surface area contributed by atoms with E-state index in [1.807, 2.05) is 30.3 Å². The molecule has 3 rings (SSSR count). The normalized spacial score (nSPS) is 12.2. The van der Waals surface area contributed by atoms with Gasteiger partial charge in [-0.2, -0.15) is 0 Å². The molecule has 0 aliphatic heterocycles. The number of amides is 1. The van der Waals surface area contributed by atoms with Crippen molar-refractivity contribution in [2.45, 2.75) is 30.7 Å². The second-order valence-electron chi connectivity index (χ2n) is 7.39. The number of carbonyl (C=O) groups is 2. The number of ketones is 1. The smallest absolute Gasteiger partial charge is 0.261 e. The van der Waals surface area contributed by atoms with Crippen LogP contribution in [0.2, 0.25) is 0 Å². The van der Waals surface area contributed by atoms with E-state index in [0.717, 1.165) is 5.56 Å². The Morgan fingerprint density at radius 2 is 1.66 bits per heavy atom. The van der Waals surface area contributed by atoms with Gasteiger partial charge in [0, 0.05) is 22.7 Å². The molecule has 0 saturated carbocycles. The van der Waals surface area contributed by atoms with Crippen LogP contribution in [0.25, 0.3) is 0 Å². The van der Waals surface area contributed by atoms with Crippen molar-refractivity contribution in [2.24, 2.45) is 0 Å². The number of Topliss-reactive ketones (excluding diaryl/α,β-unsaturated/α-hetero) is 1. The first kappa shape index (κ1) is 23.6. The topological polar surface area (TPSA) is 80.3 Å². The summed E-state index contributed by atoms with van der Waals surface area (Å²) in [5, 5.41) is 2.75. The molecule has 0 aliphatic carbocycles. The molecule has 5 nitrogen and oxygen atoms in total. The monoisotopic (exact) mass is 473 g/mol. The number of rotatable bonds is 8. The molecule has 1 atom stereocenters. The predicted octanol–water partition coefficient (Wildman–Crippen LogP) is 4.21. The first-order valence-electron chi connectivity index (χ1n) is 9.81. The van der Waals surface area contributed by atoms with E-state index in [0.29, 0.717) is 11.1 Å². The SMILES string of the molecule is Cc1cc(S(=O)(=O)Cl)ccc1CC(=O)[C@H](Cc1ccccc1)NC(=O)c1ccc(F)cc1. The van der Waals surface area contributed by atoms with Crippen LogP contribution in [-0.2, 0) is 26.7 Å². The lowest BCUT2D eigenvalue weighted by Crippen LogP contribution is -2.43. The highest BCUT2D eigenvalue weighted by molar-refractivity contribution is 8.13. The van der Waals surface area contributed by atoms with E-state index in [1.54, 1.807) is 13.0 Å². The zero-order valence-corrected chi connectivity index (χ0v) is 18.8. The molecule has 3 aromatic rings. The number of hydrogen-bond acceptors (Lipinski definition) is 4. The van der Waals surface area contributed by atoms with Gasteiger partial charge >= 0.3 is 0 Å². The Labute approximate surface area is 190 Å². The zero-order chi connectivity index (χ0) is 23.3. The average molecular weight is 474 g/mol. The van der Waals surface area contributed by atoms with Crippen molar-refractivity contribution in [1.29, 1.82) is 0 Å². The van der Waals surface area contributed by atoms with E-state index in [2.05, 4.69) is 5.32 Å². The summed E-state index contributed by atoms with van der Waals surface area (Å²) in [6.07, 6.45) is 0.273. The van der Waals surface area contributed by atoms with E-state index in [9.17, 15) is 22.4 Å². The Morgan fingerprint density at radius 1 is 1.00 bits per heavy atom. The highest BCUT2D eigenvalue weighted by Crippen LogP contribution is 2.20. The van der Waals surface area contributed by atoms with Gasteiger partial charge in [0.25, 0.3) is 15.0 Å². The van der Waals surface area contributed by atoms with Gasteiger partial charge in [-0.05, 0) is 66.4 Å². The van der Waals surface area contributed by atoms with Crippen LogP contribution in [0, 0.1) is 12.7 Å². The average Bonchev–Trinajstić information content (AvgIpc) is 2.75. The molecule has 166 valence electrons. The van der Waals surface area contributed by atoms with Crippen molar-refractivity contribution in [3.05, 3.63) is 101 Å². The first-order valence-corrected chi connectivity index (χ1v) is 12.1. The fraction of sp³-hybridized carbons (Fsp3) is 0.167. The molecular formula is C24H21ClFNO4S. The molecule has 0 radical (unpaired) electrons. The Balaban J connectivity index is 1.83. The summed E-state index contributed by atoms with van der Waals surface area (Å²) in [7, 11) is 1.52. The van der Waals surface area contributed by atoms with Crippen molar-refractivity contribution in [3.8, 4) is 0 Å². The summed E-state index contributed by atoms with van der Waals surface area (Å²) >= 11 is 0. The van der Waals surface area contributed by atoms with Crippen LogP contribution in [0.5, 0.6) is 0 Å². The molecule has 0 fully saturated rings. The fourth-order valence-electron chi connectivity index (χ4n) is 3.27. The maximum atomic E-state index is 13.2. The number of nitrogens with one attached hydrogen (secondary N) is 1. The van der Waals surface area contributed by atoms with Gasteiger partial charge < -0.3 is 5.32 Å². The number of hydrogen-bond donors (Lipinski definition) is 1. The van der Waals surface area contributed by atoms with Crippen molar-refractivity contribution < 1.29 is 22.4 Å². The highest BCUT2D eigenvalue weighted by Gasteiger charge is 2.23. The number of carbonyl (C=O) groups excluding carboxylic acids is 2. The molecule has 32 heavy (non-hydrogen) atoms. The summed E-state index contributed by atoms with van der Waals surface area (Å²) < 4.78 is 36.2. The minimum absolute atomic E-state index is 0.00432. The van der Waals surface area contributed by atoms with Gasteiger partial charge in [0.2, 0.25) is 0 Å². The van der Waals surface area contributed by atoms with Gasteiger partial charge in [-0.15, -0.1) is 0 Å². The van der Waals surface area contributed by atoms with E-state index >= 15 is 0 Å².